The molecule has 0 saturated carbocycles. The van der Waals surface area contributed by atoms with Gasteiger partial charge in [-0.25, -0.2) is 17.8 Å². The molecule has 0 atom stereocenters. The van der Waals surface area contributed by atoms with Crippen molar-refractivity contribution in [1.82, 2.24) is 10.3 Å². The maximum Gasteiger partial charge on any atom is 0.433 e. The third-order valence-corrected chi connectivity index (χ3v) is 4.70. The first-order chi connectivity index (χ1) is 15.3. The van der Waals surface area contributed by atoms with Crippen molar-refractivity contribution in [3.63, 3.8) is 0 Å². The molecule has 1 aromatic carbocycles. The number of benzene rings is 1. The highest BCUT2D eigenvalue weighted by Gasteiger charge is 2.32. The van der Waals surface area contributed by atoms with Crippen LogP contribution in [-0.2, 0) is 27.5 Å². The second-order valence-electron chi connectivity index (χ2n) is 6.83. The Balaban J connectivity index is 2.14. The molecule has 0 aliphatic heterocycles. The van der Waals surface area contributed by atoms with Gasteiger partial charge in [-0.3, -0.25) is 9.52 Å². The summed E-state index contributed by atoms with van der Waals surface area (Å²) in [5.74, 6) is -1.46. The molecular formula is C21H22F4N4O3S. The Morgan fingerprint density at radius 3 is 2.48 bits per heavy atom. The summed E-state index contributed by atoms with van der Waals surface area (Å²) in [5, 5.41) is 5.23. The number of carbonyl (C=O) groups excluding carboxylic acids is 1. The van der Waals surface area contributed by atoms with E-state index in [4.69, 9.17) is 0 Å². The van der Waals surface area contributed by atoms with E-state index in [2.05, 4.69) is 26.9 Å². The molecule has 0 radical (unpaired) electrons. The number of aromatic nitrogens is 1. The Kier molecular flexibility index (Phi) is 8.20. The second kappa shape index (κ2) is 10.5. The Morgan fingerprint density at radius 1 is 1.21 bits per heavy atom. The van der Waals surface area contributed by atoms with E-state index in [0.717, 1.165) is 24.5 Å². The number of rotatable bonds is 9. The lowest BCUT2D eigenvalue weighted by Crippen LogP contribution is -2.21. The van der Waals surface area contributed by atoms with Gasteiger partial charge in [0.15, 0.2) is 0 Å². The van der Waals surface area contributed by atoms with Crippen LogP contribution in [0.4, 0.5) is 29.1 Å². The number of anilines is 2. The van der Waals surface area contributed by atoms with E-state index >= 15 is 0 Å². The average Bonchev–Trinajstić information content (AvgIpc) is 2.71. The van der Waals surface area contributed by atoms with Crippen LogP contribution in [0.25, 0.3) is 12.2 Å². The van der Waals surface area contributed by atoms with Gasteiger partial charge in [0.25, 0.3) is 0 Å². The van der Waals surface area contributed by atoms with Crippen LogP contribution < -0.4 is 15.4 Å². The highest BCUT2D eigenvalue weighted by Crippen LogP contribution is 2.30. The van der Waals surface area contributed by atoms with Crippen molar-refractivity contribution in [2.45, 2.75) is 19.6 Å². The molecule has 178 valence electrons. The highest BCUT2D eigenvalue weighted by atomic mass is 32.2. The van der Waals surface area contributed by atoms with Crippen LogP contribution in [0.15, 0.2) is 36.9 Å². The van der Waals surface area contributed by atoms with E-state index < -0.39 is 33.6 Å². The zero-order valence-corrected chi connectivity index (χ0v) is 18.6. The van der Waals surface area contributed by atoms with Gasteiger partial charge in [-0.1, -0.05) is 12.7 Å². The number of pyridine rings is 1. The van der Waals surface area contributed by atoms with Crippen molar-refractivity contribution < 1.29 is 30.8 Å². The van der Waals surface area contributed by atoms with Gasteiger partial charge >= 0.3 is 6.18 Å². The fourth-order valence-electron chi connectivity index (χ4n) is 2.73. The first kappa shape index (κ1) is 25.8. The topological polar surface area (TPSA) is 100 Å². The smallest absolute Gasteiger partial charge is 0.370 e. The van der Waals surface area contributed by atoms with Gasteiger partial charge < -0.3 is 10.6 Å². The van der Waals surface area contributed by atoms with Crippen LogP contribution in [0, 0.1) is 5.82 Å². The van der Waals surface area contributed by atoms with Crippen LogP contribution in [-0.4, -0.2) is 32.1 Å². The van der Waals surface area contributed by atoms with Crippen molar-refractivity contribution in [3.8, 4) is 0 Å². The van der Waals surface area contributed by atoms with E-state index in [1.165, 1.54) is 24.3 Å². The lowest BCUT2D eigenvalue weighted by molar-refractivity contribution is -0.141. The highest BCUT2D eigenvalue weighted by molar-refractivity contribution is 7.92. The van der Waals surface area contributed by atoms with Gasteiger partial charge in [0.1, 0.15) is 17.3 Å². The quantitative estimate of drug-likeness (QED) is 0.367. The summed E-state index contributed by atoms with van der Waals surface area (Å²) in [6.07, 6.45) is -0.0460. The average molecular weight is 486 g/mol. The lowest BCUT2D eigenvalue weighted by atomic mass is 10.1. The summed E-state index contributed by atoms with van der Waals surface area (Å²) in [6, 6.07) is 4.52. The predicted octanol–water partition coefficient (Wildman–Crippen LogP) is 4.02. The second-order valence-corrected chi connectivity index (χ2v) is 8.58. The molecule has 3 N–H and O–H groups in total. The van der Waals surface area contributed by atoms with E-state index in [0.29, 0.717) is 12.1 Å². The molecule has 0 spiro atoms. The number of hydrogen-bond donors (Lipinski definition) is 3. The molecule has 0 aliphatic rings. The van der Waals surface area contributed by atoms with Crippen molar-refractivity contribution in [2.75, 3.05) is 22.8 Å². The largest absolute Gasteiger partial charge is 0.433 e. The molecule has 0 unspecified atom stereocenters. The van der Waals surface area contributed by atoms with Gasteiger partial charge in [-0.2, -0.15) is 13.2 Å². The fourth-order valence-corrected chi connectivity index (χ4v) is 3.31. The lowest BCUT2D eigenvalue weighted by Gasteiger charge is -2.12. The normalized spacial score (nSPS) is 11.9. The number of carbonyl (C=O) groups is 1. The van der Waals surface area contributed by atoms with Crippen molar-refractivity contribution >= 4 is 39.6 Å². The zero-order chi connectivity index (χ0) is 24.8. The van der Waals surface area contributed by atoms with Crippen LogP contribution in [0.1, 0.15) is 29.3 Å². The third kappa shape index (κ3) is 7.59. The van der Waals surface area contributed by atoms with Gasteiger partial charge in [0.05, 0.1) is 11.9 Å². The molecule has 7 nitrogen and oxygen atoms in total. The molecule has 12 heteroatoms. The van der Waals surface area contributed by atoms with E-state index in [1.54, 1.807) is 6.92 Å². The summed E-state index contributed by atoms with van der Waals surface area (Å²) >= 11 is 0. The predicted molar refractivity (Wildman–Crippen MR) is 119 cm³/mol. The van der Waals surface area contributed by atoms with Crippen molar-refractivity contribution in [1.29, 1.82) is 0 Å². The molecule has 0 fully saturated rings. The molecule has 1 heterocycles. The summed E-state index contributed by atoms with van der Waals surface area (Å²) in [5.41, 5.74) is -0.516. The molecule has 0 bridgehead atoms. The Morgan fingerprint density at radius 2 is 1.91 bits per heavy atom. The molecule has 2 aromatic rings. The number of alkyl halides is 3. The van der Waals surface area contributed by atoms with E-state index in [-0.39, 0.29) is 29.2 Å². The molecule has 0 saturated heterocycles. The SMILES string of the molecule is C=Cc1cc(CNC(=O)/C=C/c2ccc(C(F)(F)F)nc2NCC)cc(F)c1NS(C)(=O)=O. The number of hydrogen-bond acceptors (Lipinski definition) is 5. The first-order valence-corrected chi connectivity index (χ1v) is 11.4. The van der Waals surface area contributed by atoms with Gasteiger partial charge in [0, 0.05) is 30.3 Å². The molecule has 1 aromatic heterocycles. The maximum absolute atomic E-state index is 14.4. The Labute approximate surface area is 188 Å². The number of sulfonamides is 1. The standard InChI is InChI=1S/C21H22F4N4O3S/c1-4-14-10-13(11-16(22)19(14)29-33(3,31)32)12-27-18(30)9-7-15-6-8-17(21(23,24)25)28-20(15)26-5-2/h4,6-11,29H,1,5,12H2,2-3H3,(H,26,28)(H,27,30)/b9-7+. The summed E-state index contributed by atoms with van der Waals surface area (Å²) < 4.78 is 77.8. The van der Waals surface area contributed by atoms with E-state index in [9.17, 15) is 30.8 Å². The van der Waals surface area contributed by atoms with Gasteiger partial charge in [-0.15, -0.1) is 0 Å². The maximum atomic E-state index is 14.4. The number of nitrogens with one attached hydrogen (secondary N) is 3. The van der Waals surface area contributed by atoms with Gasteiger partial charge in [-0.05, 0) is 42.8 Å². The minimum atomic E-state index is -4.60. The summed E-state index contributed by atoms with van der Waals surface area (Å²) in [7, 11) is -3.71. The summed E-state index contributed by atoms with van der Waals surface area (Å²) in [6.45, 7) is 5.44. The monoisotopic (exact) mass is 486 g/mol. The minimum Gasteiger partial charge on any atom is -0.370 e. The minimum absolute atomic E-state index is 0.0250. The van der Waals surface area contributed by atoms with Gasteiger partial charge in [0.2, 0.25) is 15.9 Å². The number of nitrogens with zero attached hydrogens (tertiary/aromatic N) is 1. The molecule has 1 amide bonds. The van der Waals surface area contributed by atoms with Crippen molar-refractivity contribution in [3.05, 3.63) is 65.1 Å². The number of amides is 1. The Hall–Kier alpha value is -3.41. The third-order valence-electron chi connectivity index (χ3n) is 4.13. The molecule has 0 aliphatic carbocycles. The Bertz CT molecular complexity index is 1180. The number of halogens is 4. The first-order valence-electron chi connectivity index (χ1n) is 9.54. The molecule has 33 heavy (non-hydrogen) atoms. The fraction of sp³-hybridized carbons (Fsp3) is 0.238. The van der Waals surface area contributed by atoms with E-state index in [1.807, 2.05) is 0 Å². The van der Waals surface area contributed by atoms with Crippen LogP contribution in [0.5, 0.6) is 0 Å². The molecule has 2 rings (SSSR count). The van der Waals surface area contributed by atoms with Crippen LogP contribution in [0.2, 0.25) is 0 Å². The zero-order valence-electron chi connectivity index (χ0n) is 17.8. The van der Waals surface area contributed by atoms with Crippen LogP contribution >= 0.6 is 0 Å². The van der Waals surface area contributed by atoms with Crippen molar-refractivity contribution in [2.24, 2.45) is 0 Å². The van der Waals surface area contributed by atoms with Crippen LogP contribution in [0.3, 0.4) is 0 Å². The molecular weight excluding hydrogens is 464 g/mol. The summed E-state index contributed by atoms with van der Waals surface area (Å²) in [4.78, 5) is 15.7.